The zero-order chi connectivity index (χ0) is 16.1. The molecule has 0 aliphatic carbocycles. The molecule has 0 saturated carbocycles. The molecule has 1 aliphatic heterocycles. The molecule has 1 aliphatic rings. The van der Waals surface area contributed by atoms with Gasteiger partial charge in [-0.1, -0.05) is 60.7 Å². The molecule has 0 bridgehead atoms. The van der Waals surface area contributed by atoms with Crippen molar-refractivity contribution in [2.45, 2.75) is 19.0 Å². The highest BCUT2D eigenvalue weighted by Gasteiger charge is 2.29. The zero-order valence-corrected chi connectivity index (χ0v) is 13.1. The number of rotatable bonds is 4. The Hall–Kier alpha value is -2.33. The highest BCUT2D eigenvalue weighted by atomic mass is 16.4. The first-order chi connectivity index (χ1) is 11.2. The quantitative estimate of drug-likeness (QED) is 0.944. The van der Waals surface area contributed by atoms with Crippen LogP contribution in [0.25, 0.3) is 0 Å². The summed E-state index contributed by atoms with van der Waals surface area (Å²) in [6, 6.07) is 20.9. The van der Waals surface area contributed by atoms with Gasteiger partial charge in [-0.25, -0.2) is 4.79 Å². The van der Waals surface area contributed by atoms with Crippen LogP contribution in [0.2, 0.25) is 0 Å². The van der Waals surface area contributed by atoms with Crippen LogP contribution in [0.15, 0.2) is 60.7 Å². The molecule has 4 heteroatoms. The molecule has 1 heterocycles. The van der Waals surface area contributed by atoms with Crippen LogP contribution in [-0.2, 0) is 13.0 Å². The van der Waals surface area contributed by atoms with Crippen molar-refractivity contribution < 1.29 is 9.90 Å². The molecule has 1 atom stereocenters. The van der Waals surface area contributed by atoms with E-state index in [0.29, 0.717) is 13.1 Å². The predicted octanol–water partition coefficient (Wildman–Crippen LogP) is 3.09. The van der Waals surface area contributed by atoms with Gasteiger partial charge < -0.3 is 10.0 Å². The fraction of sp³-hybridized carbons (Fsp3) is 0.316. The summed E-state index contributed by atoms with van der Waals surface area (Å²) in [5, 5.41) is 9.31. The first-order valence-corrected chi connectivity index (χ1v) is 8.02. The van der Waals surface area contributed by atoms with Gasteiger partial charge in [0, 0.05) is 32.2 Å². The Bertz CT molecular complexity index is 630. The van der Waals surface area contributed by atoms with Gasteiger partial charge in [0.25, 0.3) is 0 Å². The Kier molecular flexibility index (Phi) is 4.93. The molecule has 1 amide bonds. The molecule has 2 aromatic rings. The fourth-order valence-electron chi connectivity index (χ4n) is 3.17. The number of nitrogens with zero attached hydrogens (tertiary/aromatic N) is 2. The van der Waals surface area contributed by atoms with E-state index in [9.17, 15) is 9.90 Å². The van der Waals surface area contributed by atoms with Crippen molar-refractivity contribution in [2.75, 3.05) is 19.6 Å². The van der Waals surface area contributed by atoms with E-state index in [-0.39, 0.29) is 6.04 Å². The lowest BCUT2D eigenvalue weighted by Gasteiger charge is -2.40. The molecule has 0 aromatic heterocycles. The normalized spacial score (nSPS) is 18.8. The maximum atomic E-state index is 11.3. The lowest BCUT2D eigenvalue weighted by atomic mass is 10.0. The Labute approximate surface area is 137 Å². The molecule has 120 valence electrons. The second-order valence-electron chi connectivity index (χ2n) is 6.03. The van der Waals surface area contributed by atoms with Crippen LogP contribution >= 0.6 is 0 Å². The van der Waals surface area contributed by atoms with E-state index in [0.717, 1.165) is 19.5 Å². The van der Waals surface area contributed by atoms with E-state index >= 15 is 0 Å². The Morgan fingerprint density at radius 1 is 0.957 bits per heavy atom. The second kappa shape index (κ2) is 7.29. The van der Waals surface area contributed by atoms with Crippen LogP contribution < -0.4 is 0 Å². The van der Waals surface area contributed by atoms with E-state index < -0.39 is 6.09 Å². The van der Waals surface area contributed by atoms with Crippen molar-refractivity contribution in [2.24, 2.45) is 0 Å². The summed E-state index contributed by atoms with van der Waals surface area (Å²) in [7, 11) is 0. The van der Waals surface area contributed by atoms with Crippen molar-refractivity contribution >= 4 is 6.09 Å². The first kappa shape index (κ1) is 15.6. The number of carboxylic acid groups (broad SMARTS) is 1. The van der Waals surface area contributed by atoms with E-state index in [1.54, 1.807) is 0 Å². The number of piperazine rings is 1. The lowest BCUT2D eigenvalue weighted by Crippen LogP contribution is -2.54. The summed E-state index contributed by atoms with van der Waals surface area (Å²) >= 11 is 0. The molecule has 0 spiro atoms. The van der Waals surface area contributed by atoms with Crippen molar-refractivity contribution in [3.8, 4) is 0 Å². The monoisotopic (exact) mass is 310 g/mol. The third-order valence-electron chi connectivity index (χ3n) is 4.42. The molecule has 23 heavy (non-hydrogen) atoms. The molecule has 0 radical (unpaired) electrons. The van der Waals surface area contributed by atoms with Gasteiger partial charge in [-0.2, -0.15) is 0 Å². The van der Waals surface area contributed by atoms with Gasteiger partial charge >= 0.3 is 6.09 Å². The summed E-state index contributed by atoms with van der Waals surface area (Å²) in [6.07, 6.45) is 0.0553. The average molecular weight is 310 g/mol. The Morgan fingerprint density at radius 2 is 1.57 bits per heavy atom. The number of hydrogen-bond donors (Lipinski definition) is 1. The van der Waals surface area contributed by atoms with Crippen LogP contribution in [-0.4, -0.2) is 46.7 Å². The highest BCUT2D eigenvalue weighted by Crippen LogP contribution is 2.18. The Morgan fingerprint density at radius 3 is 2.17 bits per heavy atom. The standard InChI is InChI=1S/C19H22N2O2/c22-19(23)21-12-11-20(14-17-9-5-2-6-10-17)18(15-21)13-16-7-3-1-4-8-16/h1-10,18H,11-15H2,(H,22,23). The maximum absolute atomic E-state index is 11.3. The third-order valence-corrected chi connectivity index (χ3v) is 4.42. The van der Waals surface area contributed by atoms with Crippen LogP contribution in [0.4, 0.5) is 4.79 Å². The zero-order valence-electron chi connectivity index (χ0n) is 13.1. The molecular weight excluding hydrogens is 288 g/mol. The molecule has 2 aromatic carbocycles. The van der Waals surface area contributed by atoms with Crippen molar-refractivity contribution in [1.29, 1.82) is 0 Å². The topological polar surface area (TPSA) is 43.8 Å². The average Bonchev–Trinajstić information content (AvgIpc) is 2.58. The summed E-state index contributed by atoms with van der Waals surface area (Å²) in [5.41, 5.74) is 2.53. The predicted molar refractivity (Wildman–Crippen MR) is 90.4 cm³/mol. The van der Waals surface area contributed by atoms with E-state index in [1.807, 2.05) is 24.3 Å². The maximum Gasteiger partial charge on any atom is 0.407 e. The van der Waals surface area contributed by atoms with Gasteiger partial charge in [-0.05, 0) is 17.5 Å². The molecular formula is C19H22N2O2. The van der Waals surface area contributed by atoms with Gasteiger partial charge in [0.05, 0.1) is 0 Å². The minimum Gasteiger partial charge on any atom is -0.465 e. The van der Waals surface area contributed by atoms with Crippen LogP contribution in [0.5, 0.6) is 0 Å². The van der Waals surface area contributed by atoms with E-state index in [1.165, 1.54) is 16.0 Å². The number of benzene rings is 2. The molecule has 1 unspecified atom stereocenters. The fourth-order valence-corrected chi connectivity index (χ4v) is 3.17. The largest absolute Gasteiger partial charge is 0.465 e. The van der Waals surface area contributed by atoms with Gasteiger partial charge in [0.2, 0.25) is 0 Å². The van der Waals surface area contributed by atoms with Crippen LogP contribution in [0.3, 0.4) is 0 Å². The van der Waals surface area contributed by atoms with E-state index in [4.69, 9.17) is 0 Å². The van der Waals surface area contributed by atoms with Crippen molar-refractivity contribution in [3.63, 3.8) is 0 Å². The molecule has 4 nitrogen and oxygen atoms in total. The van der Waals surface area contributed by atoms with Crippen molar-refractivity contribution in [3.05, 3.63) is 71.8 Å². The van der Waals surface area contributed by atoms with Gasteiger partial charge in [-0.15, -0.1) is 0 Å². The van der Waals surface area contributed by atoms with Crippen molar-refractivity contribution in [1.82, 2.24) is 9.80 Å². The smallest absolute Gasteiger partial charge is 0.407 e. The van der Waals surface area contributed by atoms with Gasteiger partial charge in [0.15, 0.2) is 0 Å². The SMILES string of the molecule is O=C(O)N1CCN(Cc2ccccc2)C(Cc2ccccc2)C1. The van der Waals surface area contributed by atoms with Gasteiger partial charge in [-0.3, -0.25) is 4.90 Å². The summed E-state index contributed by atoms with van der Waals surface area (Å²) in [6.45, 7) is 2.79. The number of hydrogen-bond acceptors (Lipinski definition) is 2. The second-order valence-corrected chi connectivity index (χ2v) is 6.03. The minimum atomic E-state index is -0.817. The highest BCUT2D eigenvalue weighted by molar-refractivity contribution is 5.65. The Balaban J connectivity index is 1.74. The first-order valence-electron chi connectivity index (χ1n) is 8.02. The number of carbonyl (C=O) groups is 1. The lowest BCUT2D eigenvalue weighted by molar-refractivity contribution is 0.0642. The van der Waals surface area contributed by atoms with Crippen LogP contribution in [0.1, 0.15) is 11.1 Å². The van der Waals surface area contributed by atoms with Gasteiger partial charge in [0.1, 0.15) is 0 Å². The molecule has 1 N–H and O–H groups in total. The summed E-state index contributed by atoms with van der Waals surface area (Å²) in [4.78, 5) is 15.3. The summed E-state index contributed by atoms with van der Waals surface area (Å²) in [5.74, 6) is 0. The molecule has 3 rings (SSSR count). The summed E-state index contributed by atoms with van der Waals surface area (Å²) < 4.78 is 0. The van der Waals surface area contributed by atoms with Crippen LogP contribution in [0, 0.1) is 0 Å². The molecule has 1 saturated heterocycles. The third kappa shape index (κ3) is 4.11. The minimum absolute atomic E-state index is 0.211. The number of amides is 1. The van der Waals surface area contributed by atoms with E-state index in [2.05, 4.69) is 41.3 Å². The molecule has 1 fully saturated rings.